The van der Waals surface area contributed by atoms with Gasteiger partial charge in [-0.25, -0.2) is 14.4 Å². The summed E-state index contributed by atoms with van der Waals surface area (Å²) >= 11 is 0. The Kier molecular flexibility index (Phi) is 8.43. The van der Waals surface area contributed by atoms with Crippen LogP contribution in [-0.2, 0) is 4.79 Å². The number of nitrogen functional groups attached to an aromatic ring is 1. The minimum atomic E-state index is -0.656. The molecule has 4 rings (SSSR count). The molecule has 1 saturated heterocycles. The zero-order valence-corrected chi connectivity index (χ0v) is 22.7. The molecule has 0 bridgehead atoms. The van der Waals surface area contributed by atoms with Crippen molar-refractivity contribution in [3.8, 4) is 17.6 Å². The predicted octanol–water partition coefficient (Wildman–Crippen LogP) is 5.31. The normalized spacial score (nSPS) is 15.7. The van der Waals surface area contributed by atoms with Crippen LogP contribution in [0.3, 0.4) is 0 Å². The molecule has 0 aliphatic carbocycles. The molecule has 1 atom stereocenters. The number of halogens is 1. The Morgan fingerprint density at radius 3 is 2.65 bits per heavy atom. The van der Waals surface area contributed by atoms with Crippen molar-refractivity contribution >= 4 is 23.3 Å². The van der Waals surface area contributed by atoms with Gasteiger partial charge in [0.1, 0.15) is 46.9 Å². The van der Waals surface area contributed by atoms with Gasteiger partial charge in [-0.1, -0.05) is 45.0 Å². The maximum Gasteiger partial charge on any atom is 0.264 e. The first-order valence-corrected chi connectivity index (χ1v) is 13.0. The van der Waals surface area contributed by atoms with Crippen LogP contribution in [0.15, 0.2) is 66.5 Å². The summed E-state index contributed by atoms with van der Waals surface area (Å²) in [5, 5.41) is 21.6. The Morgan fingerprint density at radius 1 is 1.23 bits per heavy atom. The number of ether oxygens (including phenoxy) is 1. The largest absolute Gasteiger partial charge is 0.457 e. The van der Waals surface area contributed by atoms with Gasteiger partial charge in [-0.3, -0.25) is 10.2 Å². The molecule has 2 heterocycles. The lowest BCUT2D eigenvalue weighted by Gasteiger charge is -2.34. The molecule has 0 radical (unpaired) electrons. The predicted molar refractivity (Wildman–Crippen MR) is 152 cm³/mol. The van der Waals surface area contributed by atoms with Gasteiger partial charge in [0.25, 0.3) is 5.91 Å². The van der Waals surface area contributed by atoms with Crippen LogP contribution in [0.4, 0.5) is 16.0 Å². The number of allylic oxidation sites excluding steroid dienone is 1. The van der Waals surface area contributed by atoms with Crippen molar-refractivity contribution in [3.05, 3.63) is 83.5 Å². The molecule has 1 amide bonds. The second-order valence-corrected chi connectivity index (χ2v) is 10.7. The molecule has 206 valence electrons. The molecule has 4 N–H and O–H groups in total. The third kappa shape index (κ3) is 6.80. The molecule has 2 aromatic carbocycles. The highest BCUT2D eigenvalue weighted by atomic mass is 19.1. The highest BCUT2D eigenvalue weighted by Crippen LogP contribution is 2.28. The standard InChI is InChI=1S/C30H32FN7O2/c1-30(2,3)15-19(16-32)29(39)38-13-7-8-20(17-38)37-28-25(27(34)35-18-36-28)26(33)23-12-11-22(14-24(23)31)40-21-9-5-4-6-10-21/h4-6,9-12,14-15,18,20,33H,7-8,13,17H2,1-3H3,(H3,34,35,36,37)/b19-15+,33-26?. The van der Waals surface area contributed by atoms with Gasteiger partial charge < -0.3 is 20.7 Å². The SMILES string of the molecule is CC(C)(C)/C=C(\C#N)C(=O)N1CCCC(Nc2ncnc(N)c2C(=N)c2ccc(Oc3ccccc3)cc2F)C1. The first-order chi connectivity index (χ1) is 19.1. The third-order valence-corrected chi connectivity index (χ3v) is 6.29. The van der Waals surface area contributed by atoms with Crippen LogP contribution in [0.25, 0.3) is 0 Å². The Labute approximate surface area is 233 Å². The molecule has 9 nitrogen and oxygen atoms in total. The number of para-hydroxylation sites is 1. The lowest BCUT2D eigenvalue weighted by molar-refractivity contribution is -0.127. The van der Waals surface area contributed by atoms with Crippen LogP contribution in [0.5, 0.6) is 11.5 Å². The van der Waals surface area contributed by atoms with E-state index < -0.39 is 5.82 Å². The summed E-state index contributed by atoms with van der Waals surface area (Å²) in [7, 11) is 0. The molecule has 0 saturated carbocycles. The summed E-state index contributed by atoms with van der Waals surface area (Å²) < 4.78 is 20.9. The Hall–Kier alpha value is -4.78. The molecule has 1 aliphatic heterocycles. The van der Waals surface area contributed by atoms with Crippen molar-refractivity contribution in [2.75, 3.05) is 24.1 Å². The first-order valence-electron chi connectivity index (χ1n) is 13.0. The number of likely N-dealkylation sites (tertiary alicyclic amines) is 1. The molecule has 1 unspecified atom stereocenters. The highest BCUT2D eigenvalue weighted by Gasteiger charge is 2.28. The van der Waals surface area contributed by atoms with Gasteiger partial charge in [-0.2, -0.15) is 5.26 Å². The third-order valence-electron chi connectivity index (χ3n) is 6.29. The van der Waals surface area contributed by atoms with Gasteiger partial charge in [0.2, 0.25) is 0 Å². The number of aromatic nitrogens is 2. The monoisotopic (exact) mass is 541 g/mol. The Balaban J connectivity index is 1.54. The van der Waals surface area contributed by atoms with E-state index >= 15 is 4.39 Å². The van der Waals surface area contributed by atoms with Crippen LogP contribution in [0.1, 0.15) is 44.7 Å². The van der Waals surface area contributed by atoms with Crippen LogP contribution in [-0.4, -0.2) is 45.6 Å². The number of benzene rings is 2. The van der Waals surface area contributed by atoms with Gasteiger partial charge in [0, 0.05) is 30.8 Å². The summed E-state index contributed by atoms with van der Waals surface area (Å²) in [6.07, 6.45) is 4.39. The number of nitrogens with two attached hydrogens (primary N) is 1. The molecule has 3 aromatic rings. The lowest BCUT2D eigenvalue weighted by Crippen LogP contribution is -2.46. The smallest absolute Gasteiger partial charge is 0.264 e. The number of nitrogens with one attached hydrogen (secondary N) is 2. The van der Waals surface area contributed by atoms with Crippen LogP contribution in [0.2, 0.25) is 0 Å². The molecule has 40 heavy (non-hydrogen) atoms. The van der Waals surface area contributed by atoms with E-state index in [1.54, 1.807) is 29.2 Å². The van der Waals surface area contributed by atoms with E-state index in [0.717, 1.165) is 6.42 Å². The van der Waals surface area contributed by atoms with E-state index in [-0.39, 0.29) is 51.4 Å². The zero-order chi connectivity index (χ0) is 28.9. The summed E-state index contributed by atoms with van der Waals surface area (Å²) in [5.41, 5.74) is 5.93. The van der Waals surface area contributed by atoms with E-state index in [0.29, 0.717) is 31.0 Å². The van der Waals surface area contributed by atoms with Crippen molar-refractivity contribution in [2.24, 2.45) is 5.41 Å². The van der Waals surface area contributed by atoms with Crippen molar-refractivity contribution in [1.29, 1.82) is 10.7 Å². The number of hydrogen-bond acceptors (Lipinski definition) is 8. The van der Waals surface area contributed by atoms with Crippen LogP contribution < -0.4 is 15.8 Å². The molecule has 1 fully saturated rings. The van der Waals surface area contributed by atoms with E-state index in [1.165, 1.54) is 18.5 Å². The number of rotatable bonds is 7. The van der Waals surface area contributed by atoms with Crippen molar-refractivity contribution < 1.29 is 13.9 Å². The second kappa shape index (κ2) is 11.9. The van der Waals surface area contributed by atoms with Crippen molar-refractivity contribution in [2.45, 2.75) is 39.7 Å². The highest BCUT2D eigenvalue weighted by molar-refractivity contribution is 6.16. The number of anilines is 2. The number of piperidine rings is 1. The summed E-state index contributed by atoms with van der Waals surface area (Å²) in [4.78, 5) is 23.0. The van der Waals surface area contributed by atoms with Crippen molar-refractivity contribution in [3.63, 3.8) is 0 Å². The number of carbonyl (C=O) groups excluding carboxylic acids is 1. The number of amides is 1. The molecule has 0 spiro atoms. The van der Waals surface area contributed by atoms with E-state index in [1.807, 2.05) is 45.0 Å². The zero-order valence-electron chi connectivity index (χ0n) is 22.7. The second-order valence-electron chi connectivity index (χ2n) is 10.7. The maximum atomic E-state index is 15.2. The summed E-state index contributed by atoms with van der Waals surface area (Å²) in [6.45, 7) is 6.65. The minimum Gasteiger partial charge on any atom is -0.457 e. The quantitative estimate of drug-likeness (QED) is 0.209. The van der Waals surface area contributed by atoms with Gasteiger partial charge in [0.15, 0.2) is 0 Å². The fraction of sp³-hybridized carbons (Fsp3) is 0.300. The van der Waals surface area contributed by atoms with E-state index in [9.17, 15) is 10.1 Å². The Morgan fingerprint density at radius 2 is 1.98 bits per heavy atom. The molecule has 1 aromatic heterocycles. The average molecular weight is 542 g/mol. The van der Waals surface area contributed by atoms with Crippen LogP contribution >= 0.6 is 0 Å². The fourth-order valence-corrected chi connectivity index (χ4v) is 4.49. The summed E-state index contributed by atoms with van der Waals surface area (Å²) in [5.74, 6) is 0.171. The van der Waals surface area contributed by atoms with Crippen molar-refractivity contribution in [1.82, 2.24) is 14.9 Å². The fourth-order valence-electron chi connectivity index (χ4n) is 4.49. The molecular weight excluding hydrogens is 509 g/mol. The molecule has 10 heteroatoms. The minimum absolute atomic E-state index is 0.0105. The van der Waals surface area contributed by atoms with Gasteiger partial charge in [-0.05, 0) is 42.5 Å². The van der Waals surface area contributed by atoms with Gasteiger partial charge in [0.05, 0.1) is 11.3 Å². The molecular formula is C30H32FN7O2. The number of carbonyl (C=O) groups is 1. The van der Waals surface area contributed by atoms with Gasteiger partial charge >= 0.3 is 0 Å². The number of nitrogens with zero attached hydrogens (tertiary/aromatic N) is 4. The van der Waals surface area contributed by atoms with Crippen LogP contribution in [0, 0.1) is 28.0 Å². The number of hydrogen-bond donors (Lipinski definition) is 3. The summed E-state index contributed by atoms with van der Waals surface area (Å²) in [6, 6.07) is 15.1. The maximum absolute atomic E-state index is 15.2. The topological polar surface area (TPSA) is 141 Å². The number of nitriles is 1. The first kappa shape index (κ1) is 28.2. The van der Waals surface area contributed by atoms with E-state index in [2.05, 4.69) is 15.3 Å². The lowest BCUT2D eigenvalue weighted by atomic mass is 9.93. The van der Waals surface area contributed by atoms with E-state index in [4.69, 9.17) is 15.9 Å². The molecule has 1 aliphatic rings. The van der Waals surface area contributed by atoms with Gasteiger partial charge in [-0.15, -0.1) is 0 Å². The Bertz CT molecular complexity index is 1480. The average Bonchev–Trinajstić information content (AvgIpc) is 2.91.